The van der Waals surface area contributed by atoms with Gasteiger partial charge in [-0.3, -0.25) is 0 Å². The van der Waals surface area contributed by atoms with Crippen LogP contribution in [0.3, 0.4) is 0 Å². The molecule has 0 radical (unpaired) electrons. The fraction of sp³-hybridized carbons (Fsp3) is 0.467. The van der Waals surface area contributed by atoms with Crippen molar-refractivity contribution in [2.45, 2.75) is 40.2 Å². The number of anilines is 1. The maximum Gasteiger partial charge on any atom is 0.169 e. The van der Waals surface area contributed by atoms with E-state index < -0.39 is 0 Å². The molecule has 0 aliphatic heterocycles. The lowest BCUT2D eigenvalue weighted by Crippen LogP contribution is -2.09. The first kappa shape index (κ1) is 14.8. The van der Waals surface area contributed by atoms with E-state index in [9.17, 15) is 0 Å². The van der Waals surface area contributed by atoms with Crippen LogP contribution in [0.2, 0.25) is 0 Å². The molecule has 0 saturated heterocycles. The maximum absolute atomic E-state index is 5.72. The van der Waals surface area contributed by atoms with E-state index in [1.54, 1.807) is 17.5 Å². The summed E-state index contributed by atoms with van der Waals surface area (Å²) < 4.78 is 5.72. The van der Waals surface area contributed by atoms with Crippen LogP contribution in [0.25, 0.3) is 0 Å². The van der Waals surface area contributed by atoms with Gasteiger partial charge in [-0.1, -0.05) is 6.92 Å². The second-order valence-electron chi connectivity index (χ2n) is 4.75. The summed E-state index contributed by atoms with van der Waals surface area (Å²) in [5.74, 6) is 1.60. The van der Waals surface area contributed by atoms with Crippen LogP contribution >= 0.6 is 11.3 Å². The summed E-state index contributed by atoms with van der Waals surface area (Å²) in [4.78, 5) is 10.1. The van der Waals surface area contributed by atoms with E-state index in [1.165, 1.54) is 4.88 Å². The molecule has 1 unspecified atom stereocenters. The topological polar surface area (TPSA) is 47.0 Å². The Balaban J connectivity index is 2.15. The Kier molecular flexibility index (Phi) is 4.95. The van der Waals surface area contributed by atoms with Gasteiger partial charge in [0, 0.05) is 11.1 Å². The molecule has 0 aliphatic rings. The molecule has 0 aromatic carbocycles. The van der Waals surface area contributed by atoms with Crippen LogP contribution in [0.1, 0.15) is 41.9 Å². The zero-order chi connectivity index (χ0) is 14.5. The first-order chi connectivity index (χ1) is 9.61. The van der Waals surface area contributed by atoms with Crippen molar-refractivity contribution in [3.05, 3.63) is 33.9 Å². The van der Waals surface area contributed by atoms with Crippen LogP contribution in [0.5, 0.6) is 5.75 Å². The quantitative estimate of drug-likeness (QED) is 0.869. The van der Waals surface area contributed by atoms with Crippen LogP contribution in [-0.4, -0.2) is 16.6 Å². The third-order valence-electron chi connectivity index (χ3n) is 2.92. The van der Waals surface area contributed by atoms with Crippen molar-refractivity contribution in [3.8, 4) is 5.75 Å². The fourth-order valence-corrected chi connectivity index (χ4v) is 2.98. The molecule has 2 aromatic heterocycles. The molecule has 0 aliphatic carbocycles. The Morgan fingerprint density at radius 2 is 2.20 bits per heavy atom. The summed E-state index contributed by atoms with van der Waals surface area (Å²) in [5, 5.41) is 4.52. The number of nitrogens with zero attached hydrogens (tertiary/aromatic N) is 2. The predicted molar refractivity (Wildman–Crippen MR) is 83.6 cm³/mol. The molecule has 0 bridgehead atoms. The minimum absolute atomic E-state index is 0.167. The SMILES string of the molecule is CCCOc1cccnc1NC(C)c1sc(C)nc1C. The Morgan fingerprint density at radius 3 is 2.85 bits per heavy atom. The van der Waals surface area contributed by atoms with Crippen molar-refractivity contribution in [1.82, 2.24) is 9.97 Å². The number of pyridine rings is 1. The number of thiazole rings is 1. The second kappa shape index (κ2) is 6.70. The van der Waals surface area contributed by atoms with Gasteiger partial charge < -0.3 is 10.1 Å². The molecule has 4 nitrogen and oxygen atoms in total. The zero-order valence-electron chi connectivity index (χ0n) is 12.4. The average molecular weight is 291 g/mol. The minimum atomic E-state index is 0.167. The van der Waals surface area contributed by atoms with Crippen molar-refractivity contribution in [2.75, 3.05) is 11.9 Å². The summed E-state index contributed by atoms with van der Waals surface area (Å²) in [5.41, 5.74) is 1.08. The van der Waals surface area contributed by atoms with E-state index in [0.29, 0.717) is 6.61 Å². The van der Waals surface area contributed by atoms with E-state index in [2.05, 4.69) is 29.1 Å². The van der Waals surface area contributed by atoms with Crippen LogP contribution in [0.4, 0.5) is 5.82 Å². The van der Waals surface area contributed by atoms with Gasteiger partial charge in [0.15, 0.2) is 11.6 Å². The third-order valence-corrected chi connectivity index (χ3v) is 4.17. The molecule has 5 heteroatoms. The van der Waals surface area contributed by atoms with E-state index in [0.717, 1.165) is 28.7 Å². The van der Waals surface area contributed by atoms with Gasteiger partial charge in [0.2, 0.25) is 0 Å². The van der Waals surface area contributed by atoms with Crippen LogP contribution in [0.15, 0.2) is 18.3 Å². The number of aromatic nitrogens is 2. The van der Waals surface area contributed by atoms with Crippen molar-refractivity contribution in [2.24, 2.45) is 0 Å². The molecule has 20 heavy (non-hydrogen) atoms. The number of hydrogen-bond donors (Lipinski definition) is 1. The number of nitrogens with one attached hydrogen (secondary N) is 1. The van der Waals surface area contributed by atoms with Crippen molar-refractivity contribution < 1.29 is 4.74 Å². The van der Waals surface area contributed by atoms with Gasteiger partial charge in [0.25, 0.3) is 0 Å². The molecular weight excluding hydrogens is 270 g/mol. The highest BCUT2D eigenvalue weighted by molar-refractivity contribution is 7.11. The average Bonchev–Trinajstić information content (AvgIpc) is 2.77. The monoisotopic (exact) mass is 291 g/mol. The fourth-order valence-electron chi connectivity index (χ4n) is 2.05. The second-order valence-corrected chi connectivity index (χ2v) is 5.98. The zero-order valence-corrected chi connectivity index (χ0v) is 13.3. The van der Waals surface area contributed by atoms with Gasteiger partial charge in [0.05, 0.1) is 23.4 Å². The largest absolute Gasteiger partial charge is 0.490 e. The molecular formula is C15H21N3OS. The lowest BCUT2D eigenvalue weighted by atomic mass is 10.2. The molecule has 0 fully saturated rings. The Hall–Kier alpha value is -1.62. The van der Waals surface area contributed by atoms with E-state index in [1.807, 2.05) is 26.0 Å². The molecule has 108 valence electrons. The lowest BCUT2D eigenvalue weighted by Gasteiger charge is -2.16. The summed E-state index contributed by atoms with van der Waals surface area (Å²) in [6, 6.07) is 4.01. The minimum Gasteiger partial charge on any atom is -0.490 e. The molecule has 1 atom stereocenters. The van der Waals surface area contributed by atoms with E-state index in [-0.39, 0.29) is 6.04 Å². The van der Waals surface area contributed by atoms with Gasteiger partial charge in [0.1, 0.15) is 0 Å². The molecule has 0 spiro atoms. The number of rotatable bonds is 6. The maximum atomic E-state index is 5.72. The van der Waals surface area contributed by atoms with Crippen LogP contribution < -0.4 is 10.1 Å². The Labute approximate surface area is 124 Å². The molecule has 2 rings (SSSR count). The first-order valence-electron chi connectivity index (χ1n) is 6.90. The summed E-state index contributed by atoms with van der Waals surface area (Å²) in [6.07, 6.45) is 2.76. The van der Waals surface area contributed by atoms with Gasteiger partial charge in [-0.15, -0.1) is 11.3 Å². The summed E-state index contributed by atoms with van der Waals surface area (Å²) >= 11 is 1.72. The van der Waals surface area contributed by atoms with E-state index in [4.69, 9.17) is 4.74 Å². The number of hydrogen-bond acceptors (Lipinski definition) is 5. The standard InChI is InChI=1S/C15H21N3OS/c1-5-9-19-13-7-6-8-16-15(13)18-11(3)14-10(2)17-12(4)20-14/h6-8,11H,5,9H2,1-4H3,(H,16,18). The van der Waals surface area contributed by atoms with Crippen molar-refractivity contribution in [3.63, 3.8) is 0 Å². The van der Waals surface area contributed by atoms with Crippen molar-refractivity contribution in [1.29, 1.82) is 0 Å². The number of aryl methyl sites for hydroxylation is 2. The number of ether oxygens (including phenoxy) is 1. The highest BCUT2D eigenvalue weighted by Crippen LogP contribution is 2.30. The highest BCUT2D eigenvalue weighted by atomic mass is 32.1. The summed E-state index contributed by atoms with van der Waals surface area (Å²) in [6.45, 7) is 9.00. The molecule has 2 aromatic rings. The molecule has 2 heterocycles. The smallest absolute Gasteiger partial charge is 0.169 e. The van der Waals surface area contributed by atoms with Crippen LogP contribution in [-0.2, 0) is 0 Å². The normalized spacial score (nSPS) is 12.2. The van der Waals surface area contributed by atoms with E-state index >= 15 is 0 Å². The van der Waals surface area contributed by atoms with Gasteiger partial charge in [-0.25, -0.2) is 9.97 Å². The summed E-state index contributed by atoms with van der Waals surface area (Å²) in [7, 11) is 0. The van der Waals surface area contributed by atoms with Crippen molar-refractivity contribution >= 4 is 17.2 Å². The first-order valence-corrected chi connectivity index (χ1v) is 7.71. The highest BCUT2D eigenvalue weighted by Gasteiger charge is 2.15. The lowest BCUT2D eigenvalue weighted by molar-refractivity contribution is 0.317. The molecule has 1 N–H and O–H groups in total. The van der Waals surface area contributed by atoms with Gasteiger partial charge in [-0.2, -0.15) is 0 Å². The molecule has 0 saturated carbocycles. The van der Waals surface area contributed by atoms with Crippen LogP contribution in [0, 0.1) is 13.8 Å². The third kappa shape index (κ3) is 3.48. The Morgan fingerprint density at radius 1 is 1.40 bits per heavy atom. The molecule has 0 amide bonds. The van der Waals surface area contributed by atoms with Gasteiger partial charge in [-0.05, 0) is 39.3 Å². The predicted octanol–water partition coefficient (Wildman–Crippen LogP) is 4.12. The van der Waals surface area contributed by atoms with Gasteiger partial charge >= 0.3 is 0 Å². The Bertz CT molecular complexity index is 568.